The molecule has 0 spiro atoms. The van der Waals surface area contributed by atoms with E-state index in [4.69, 9.17) is 9.47 Å². The van der Waals surface area contributed by atoms with Crippen LogP contribution in [0.1, 0.15) is 6.42 Å². The first-order valence-electron chi connectivity index (χ1n) is 3.37. The molecular weight excluding hydrogens is 168 g/mol. The van der Waals surface area contributed by atoms with E-state index in [2.05, 4.69) is 0 Å². The average Bonchev–Trinajstić information content (AvgIpc) is 2.24. The summed E-state index contributed by atoms with van der Waals surface area (Å²) in [5.74, 6) is 0.0853. The summed E-state index contributed by atoms with van der Waals surface area (Å²) in [5.41, 5.74) is -0.660. The van der Waals surface area contributed by atoms with Crippen LogP contribution in [-0.4, -0.2) is 39.9 Å². The molecule has 2 atom stereocenters. The van der Waals surface area contributed by atoms with Crippen LogP contribution in [0.5, 0.6) is 0 Å². The summed E-state index contributed by atoms with van der Waals surface area (Å²) in [5, 5.41) is 0. The molecule has 1 aliphatic heterocycles. The Hall–Kier alpha value is -0.130. The molecule has 0 N–H and O–H groups in total. The standard InChI is InChI=1S/C6H12O4S/c1-9-5-3-6(10-2)11(7,8)4-5/h5-6H,3-4H2,1-2H3. The number of hydrogen-bond donors (Lipinski definition) is 0. The smallest absolute Gasteiger partial charge is 0.179 e. The van der Waals surface area contributed by atoms with Gasteiger partial charge in [-0.2, -0.15) is 0 Å². The topological polar surface area (TPSA) is 52.6 Å². The Balaban J connectivity index is 2.71. The van der Waals surface area contributed by atoms with Crippen LogP contribution in [-0.2, 0) is 19.3 Å². The molecule has 2 unspecified atom stereocenters. The van der Waals surface area contributed by atoms with Gasteiger partial charge < -0.3 is 9.47 Å². The van der Waals surface area contributed by atoms with Gasteiger partial charge in [0.25, 0.3) is 0 Å². The van der Waals surface area contributed by atoms with Crippen LogP contribution < -0.4 is 0 Å². The van der Waals surface area contributed by atoms with Gasteiger partial charge in [-0.05, 0) is 0 Å². The van der Waals surface area contributed by atoms with Gasteiger partial charge in [-0.1, -0.05) is 0 Å². The fraction of sp³-hybridized carbons (Fsp3) is 1.00. The molecule has 0 bridgehead atoms. The molecule has 1 saturated heterocycles. The monoisotopic (exact) mass is 180 g/mol. The highest BCUT2D eigenvalue weighted by Gasteiger charge is 2.38. The minimum Gasteiger partial charge on any atom is -0.380 e. The third-order valence-electron chi connectivity index (χ3n) is 1.87. The van der Waals surface area contributed by atoms with Gasteiger partial charge in [0, 0.05) is 20.6 Å². The molecule has 0 saturated carbocycles. The molecule has 11 heavy (non-hydrogen) atoms. The first kappa shape index (κ1) is 8.96. The molecule has 66 valence electrons. The zero-order chi connectivity index (χ0) is 8.48. The second-order valence-electron chi connectivity index (χ2n) is 2.59. The molecule has 0 amide bonds. The van der Waals surface area contributed by atoms with E-state index in [9.17, 15) is 8.42 Å². The second kappa shape index (κ2) is 3.08. The lowest BCUT2D eigenvalue weighted by molar-refractivity contribution is 0.0810. The molecule has 1 fully saturated rings. The van der Waals surface area contributed by atoms with Crippen molar-refractivity contribution in [2.45, 2.75) is 18.0 Å². The molecule has 0 aromatic heterocycles. The van der Waals surface area contributed by atoms with E-state index in [0.29, 0.717) is 6.42 Å². The SMILES string of the molecule is COC1CC(OC)S(=O)(=O)C1. The zero-order valence-corrected chi connectivity index (χ0v) is 7.43. The van der Waals surface area contributed by atoms with Crippen molar-refractivity contribution in [1.82, 2.24) is 0 Å². The quantitative estimate of drug-likeness (QED) is 0.590. The molecule has 0 aliphatic carbocycles. The number of methoxy groups -OCH3 is 2. The van der Waals surface area contributed by atoms with Crippen molar-refractivity contribution in [3.05, 3.63) is 0 Å². The van der Waals surface area contributed by atoms with Crippen LogP contribution in [0.15, 0.2) is 0 Å². The predicted molar refractivity (Wildman–Crippen MR) is 40.0 cm³/mol. The predicted octanol–water partition coefficient (Wildman–Crippen LogP) is -0.208. The summed E-state index contributed by atoms with van der Waals surface area (Å²) in [6, 6.07) is 0. The minimum atomic E-state index is -3.05. The molecule has 1 heterocycles. The molecule has 5 heteroatoms. The van der Waals surface area contributed by atoms with Crippen molar-refractivity contribution in [3.8, 4) is 0 Å². The van der Waals surface area contributed by atoms with Crippen LogP contribution in [0.2, 0.25) is 0 Å². The zero-order valence-electron chi connectivity index (χ0n) is 6.61. The van der Waals surface area contributed by atoms with E-state index in [1.807, 2.05) is 0 Å². The van der Waals surface area contributed by atoms with Gasteiger partial charge in [0.15, 0.2) is 15.3 Å². The number of rotatable bonds is 2. The van der Waals surface area contributed by atoms with Crippen molar-refractivity contribution in [2.75, 3.05) is 20.0 Å². The van der Waals surface area contributed by atoms with Gasteiger partial charge >= 0.3 is 0 Å². The number of ether oxygens (including phenoxy) is 2. The Morgan fingerprint density at radius 2 is 1.91 bits per heavy atom. The third-order valence-corrected chi connectivity index (χ3v) is 3.89. The fourth-order valence-corrected chi connectivity index (χ4v) is 3.01. The fourth-order valence-electron chi connectivity index (χ4n) is 1.20. The second-order valence-corrected chi connectivity index (χ2v) is 4.77. The van der Waals surface area contributed by atoms with Crippen molar-refractivity contribution in [2.24, 2.45) is 0 Å². The van der Waals surface area contributed by atoms with Crippen molar-refractivity contribution < 1.29 is 17.9 Å². The lowest BCUT2D eigenvalue weighted by Crippen LogP contribution is -2.17. The van der Waals surface area contributed by atoms with Gasteiger partial charge in [-0.25, -0.2) is 8.42 Å². The molecular formula is C6H12O4S. The summed E-state index contributed by atoms with van der Waals surface area (Å²) in [6.07, 6.45) is 0.264. The highest BCUT2D eigenvalue weighted by atomic mass is 32.2. The Morgan fingerprint density at radius 1 is 1.27 bits per heavy atom. The van der Waals surface area contributed by atoms with E-state index in [-0.39, 0.29) is 11.9 Å². The summed E-state index contributed by atoms with van der Waals surface area (Å²) in [4.78, 5) is 0. The maximum atomic E-state index is 11.2. The molecule has 0 radical (unpaired) electrons. The summed E-state index contributed by atoms with van der Waals surface area (Å²) in [7, 11) is -0.130. The molecule has 4 nitrogen and oxygen atoms in total. The lowest BCUT2D eigenvalue weighted by atomic mass is 10.3. The van der Waals surface area contributed by atoms with Gasteiger partial charge in [0.1, 0.15) is 0 Å². The van der Waals surface area contributed by atoms with Crippen LogP contribution in [0.25, 0.3) is 0 Å². The first-order valence-corrected chi connectivity index (χ1v) is 5.09. The summed E-state index contributed by atoms with van der Waals surface area (Å²) < 4.78 is 32.0. The van der Waals surface area contributed by atoms with Crippen LogP contribution in [0.3, 0.4) is 0 Å². The van der Waals surface area contributed by atoms with Crippen LogP contribution >= 0.6 is 0 Å². The highest BCUT2D eigenvalue weighted by molar-refractivity contribution is 7.92. The maximum absolute atomic E-state index is 11.2. The highest BCUT2D eigenvalue weighted by Crippen LogP contribution is 2.22. The van der Waals surface area contributed by atoms with Gasteiger partial charge in [0.2, 0.25) is 0 Å². The maximum Gasteiger partial charge on any atom is 0.179 e. The number of sulfone groups is 1. The van der Waals surface area contributed by atoms with Crippen LogP contribution in [0, 0.1) is 0 Å². The Bertz CT molecular complexity index is 221. The van der Waals surface area contributed by atoms with E-state index in [1.165, 1.54) is 14.2 Å². The number of hydrogen-bond acceptors (Lipinski definition) is 4. The van der Waals surface area contributed by atoms with Gasteiger partial charge in [-0.15, -0.1) is 0 Å². The van der Waals surface area contributed by atoms with Crippen molar-refractivity contribution >= 4 is 9.84 Å². The van der Waals surface area contributed by atoms with E-state index < -0.39 is 15.3 Å². The third kappa shape index (κ3) is 1.72. The summed E-state index contributed by atoms with van der Waals surface area (Å²) in [6.45, 7) is 0. The molecule has 1 aliphatic rings. The van der Waals surface area contributed by atoms with Gasteiger partial charge in [-0.3, -0.25) is 0 Å². The van der Waals surface area contributed by atoms with Crippen molar-refractivity contribution in [1.29, 1.82) is 0 Å². The Labute approximate surface area is 66.4 Å². The first-order chi connectivity index (χ1) is 5.10. The minimum absolute atomic E-state index is 0.0853. The van der Waals surface area contributed by atoms with Gasteiger partial charge in [0.05, 0.1) is 11.9 Å². The Morgan fingerprint density at radius 3 is 2.18 bits per heavy atom. The lowest BCUT2D eigenvalue weighted by Gasteiger charge is -2.05. The molecule has 0 aromatic rings. The largest absolute Gasteiger partial charge is 0.380 e. The van der Waals surface area contributed by atoms with E-state index >= 15 is 0 Å². The average molecular weight is 180 g/mol. The molecule has 1 rings (SSSR count). The Kier molecular flexibility index (Phi) is 2.51. The molecule has 0 aromatic carbocycles. The van der Waals surface area contributed by atoms with Crippen molar-refractivity contribution in [3.63, 3.8) is 0 Å². The summed E-state index contributed by atoms with van der Waals surface area (Å²) >= 11 is 0. The van der Waals surface area contributed by atoms with E-state index in [1.54, 1.807) is 0 Å². The van der Waals surface area contributed by atoms with E-state index in [0.717, 1.165) is 0 Å². The van der Waals surface area contributed by atoms with Crippen LogP contribution in [0.4, 0.5) is 0 Å². The normalized spacial score (nSPS) is 35.8.